The van der Waals surface area contributed by atoms with Gasteiger partial charge in [-0.3, -0.25) is 10.5 Å². The van der Waals surface area contributed by atoms with Crippen LogP contribution < -0.4 is 0 Å². The quantitative estimate of drug-likeness (QED) is 0.180. The van der Waals surface area contributed by atoms with Crippen molar-refractivity contribution < 1.29 is 25.2 Å². The van der Waals surface area contributed by atoms with Gasteiger partial charge in [-0.15, -0.1) is 0 Å². The molecule has 0 atom stereocenters. The standard InChI is InChI=1S/C6H10O3.H2O2/c1-2-6(8)9-5-3-4-7;1-2/h2,7H,1,3-5H2;1-2H. The van der Waals surface area contributed by atoms with E-state index in [0.29, 0.717) is 6.42 Å². The van der Waals surface area contributed by atoms with Gasteiger partial charge in [-0.05, 0) is 0 Å². The number of hydrogen-bond acceptors (Lipinski definition) is 5. The van der Waals surface area contributed by atoms with Gasteiger partial charge in [-0.1, -0.05) is 6.58 Å². The lowest BCUT2D eigenvalue weighted by atomic mass is 10.5. The van der Waals surface area contributed by atoms with Crippen LogP contribution in [0.4, 0.5) is 0 Å². The van der Waals surface area contributed by atoms with Gasteiger partial charge in [-0.25, -0.2) is 4.79 Å². The average molecular weight is 164 g/mol. The molecule has 0 unspecified atom stereocenters. The summed E-state index contributed by atoms with van der Waals surface area (Å²) in [5, 5.41) is 20.2. The van der Waals surface area contributed by atoms with Crippen molar-refractivity contribution in [3.05, 3.63) is 12.7 Å². The van der Waals surface area contributed by atoms with Gasteiger partial charge in [0.05, 0.1) is 6.61 Å². The molecule has 0 radical (unpaired) electrons. The van der Waals surface area contributed by atoms with Crippen LogP contribution in [-0.2, 0) is 9.53 Å². The first-order valence-corrected chi connectivity index (χ1v) is 2.91. The predicted octanol–water partition coefficient (Wildman–Crippen LogP) is 0.115. The molecule has 0 saturated carbocycles. The Bertz CT molecular complexity index is 101. The molecule has 5 heteroatoms. The van der Waals surface area contributed by atoms with Crippen LogP contribution in [0.3, 0.4) is 0 Å². The van der Waals surface area contributed by atoms with Crippen molar-refractivity contribution in [2.24, 2.45) is 0 Å². The molecule has 0 fully saturated rings. The summed E-state index contributed by atoms with van der Waals surface area (Å²) < 4.78 is 4.51. The Labute approximate surface area is 64.5 Å². The second kappa shape index (κ2) is 11.8. The third kappa shape index (κ3) is 12.3. The van der Waals surface area contributed by atoms with Gasteiger partial charge in [0, 0.05) is 19.1 Å². The number of aliphatic hydroxyl groups is 1. The van der Waals surface area contributed by atoms with Crippen LogP contribution in [0, 0.1) is 0 Å². The molecule has 0 aromatic rings. The largest absolute Gasteiger partial charge is 0.462 e. The van der Waals surface area contributed by atoms with Crippen LogP contribution in [0.15, 0.2) is 12.7 Å². The summed E-state index contributed by atoms with van der Waals surface area (Å²) in [5.74, 6) is -0.441. The van der Waals surface area contributed by atoms with Crippen molar-refractivity contribution in [2.75, 3.05) is 13.2 Å². The molecule has 66 valence electrons. The van der Waals surface area contributed by atoms with Crippen LogP contribution in [0.25, 0.3) is 0 Å². The van der Waals surface area contributed by atoms with E-state index >= 15 is 0 Å². The van der Waals surface area contributed by atoms with E-state index in [-0.39, 0.29) is 13.2 Å². The fourth-order valence-corrected chi connectivity index (χ4v) is 0.296. The van der Waals surface area contributed by atoms with Crippen LogP contribution in [0.5, 0.6) is 0 Å². The Balaban J connectivity index is 0. The topological polar surface area (TPSA) is 87.0 Å². The van der Waals surface area contributed by atoms with E-state index in [0.717, 1.165) is 6.08 Å². The molecule has 11 heavy (non-hydrogen) atoms. The summed E-state index contributed by atoms with van der Waals surface area (Å²) in [6.45, 7) is 3.51. The van der Waals surface area contributed by atoms with Crippen molar-refractivity contribution in [1.29, 1.82) is 0 Å². The maximum atomic E-state index is 10.3. The SMILES string of the molecule is C=CC(=O)OCCCO.OO. The molecule has 0 aliphatic carbocycles. The first-order valence-electron chi connectivity index (χ1n) is 2.91. The highest BCUT2D eigenvalue weighted by Crippen LogP contribution is 1.82. The molecule has 0 aliphatic rings. The molecule has 0 aromatic carbocycles. The van der Waals surface area contributed by atoms with Crippen LogP contribution in [0.2, 0.25) is 0 Å². The number of esters is 1. The minimum atomic E-state index is -0.441. The molecular weight excluding hydrogens is 152 g/mol. The zero-order valence-corrected chi connectivity index (χ0v) is 6.06. The third-order valence-corrected chi connectivity index (χ3v) is 0.713. The van der Waals surface area contributed by atoms with E-state index in [1.165, 1.54) is 0 Å². The minimum Gasteiger partial charge on any atom is -0.462 e. The first-order chi connectivity index (χ1) is 5.31. The highest BCUT2D eigenvalue weighted by atomic mass is 17.0. The molecule has 3 N–H and O–H groups in total. The summed E-state index contributed by atoms with van der Waals surface area (Å²) in [5.41, 5.74) is 0. The second-order valence-electron chi connectivity index (χ2n) is 1.45. The van der Waals surface area contributed by atoms with E-state index in [9.17, 15) is 4.79 Å². The van der Waals surface area contributed by atoms with Crippen LogP contribution in [-0.4, -0.2) is 34.8 Å². The molecule has 0 aliphatic heterocycles. The normalized spacial score (nSPS) is 7.55. The molecule has 0 rings (SSSR count). The molecule has 0 amide bonds. The molecule has 0 saturated heterocycles. The molecule has 0 bridgehead atoms. The van der Waals surface area contributed by atoms with Gasteiger partial charge >= 0.3 is 5.97 Å². The predicted molar refractivity (Wildman–Crippen MR) is 38.1 cm³/mol. The van der Waals surface area contributed by atoms with Crippen LogP contribution >= 0.6 is 0 Å². The molecule has 0 aromatic heterocycles. The van der Waals surface area contributed by atoms with Crippen molar-refractivity contribution >= 4 is 5.97 Å². The smallest absolute Gasteiger partial charge is 0.330 e. The highest BCUT2D eigenvalue weighted by Gasteiger charge is 1.91. The average Bonchev–Trinajstić information content (AvgIpc) is 2.08. The highest BCUT2D eigenvalue weighted by molar-refractivity contribution is 5.81. The van der Waals surface area contributed by atoms with Crippen molar-refractivity contribution in [3.8, 4) is 0 Å². The Morgan fingerprint density at radius 2 is 2.09 bits per heavy atom. The summed E-state index contributed by atoms with van der Waals surface area (Å²) in [6, 6.07) is 0. The zero-order chi connectivity index (χ0) is 9.11. The second-order valence-corrected chi connectivity index (χ2v) is 1.45. The van der Waals surface area contributed by atoms with E-state index in [1.807, 2.05) is 0 Å². The van der Waals surface area contributed by atoms with Crippen molar-refractivity contribution in [1.82, 2.24) is 0 Å². The maximum Gasteiger partial charge on any atom is 0.330 e. The van der Waals surface area contributed by atoms with Crippen LogP contribution in [0.1, 0.15) is 6.42 Å². The third-order valence-electron chi connectivity index (χ3n) is 0.713. The zero-order valence-electron chi connectivity index (χ0n) is 6.06. The van der Waals surface area contributed by atoms with Gasteiger partial charge < -0.3 is 9.84 Å². The van der Waals surface area contributed by atoms with E-state index in [4.69, 9.17) is 15.6 Å². The van der Waals surface area contributed by atoms with E-state index in [1.54, 1.807) is 0 Å². The van der Waals surface area contributed by atoms with Gasteiger partial charge in [0.1, 0.15) is 0 Å². The fourth-order valence-electron chi connectivity index (χ4n) is 0.296. The molecule has 5 nitrogen and oxygen atoms in total. The van der Waals surface area contributed by atoms with Gasteiger partial charge in [0.2, 0.25) is 0 Å². The van der Waals surface area contributed by atoms with Crippen molar-refractivity contribution in [2.45, 2.75) is 6.42 Å². The lowest BCUT2D eigenvalue weighted by molar-refractivity contribution is -0.176. The lowest BCUT2D eigenvalue weighted by Gasteiger charge is -1.96. The Morgan fingerprint density at radius 3 is 2.45 bits per heavy atom. The van der Waals surface area contributed by atoms with E-state index < -0.39 is 5.97 Å². The molecule has 0 heterocycles. The maximum absolute atomic E-state index is 10.3. The van der Waals surface area contributed by atoms with Crippen molar-refractivity contribution in [3.63, 3.8) is 0 Å². The minimum absolute atomic E-state index is 0.0461. The van der Waals surface area contributed by atoms with Gasteiger partial charge in [-0.2, -0.15) is 0 Å². The Morgan fingerprint density at radius 1 is 1.55 bits per heavy atom. The molecular formula is C6H12O5. The number of rotatable bonds is 4. The monoisotopic (exact) mass is 164 g/mol. The Hall–Kier alpha value is -0.910. The summed E-state index contributed by atoms with van der Waals surface area (Å²) in [4.78, 5) is 10.3. The number of aliphatic hydroxyl groups excluding tert-OH is 1. The Kier molecular flexibility index (Phi) is 13.7. The lowest BCUT2D eigenvalue weighted by Crippen LogP contribution is -2.02. The number of carbonyl (C=O) groups is 1. The van der Waals surface area contributed by atoms with E-state index in [2.05, 4.69) is 11.3 Å². The summed E-state index contributed by atoms with van der Waals surface area (Å²) >= 11 is 0. The van der Waals surface area contributed by atoms with Gasteiger partial charge in [0.15, 0.2) is 0 Å². The molecule has 0 spiro atoms. The van der Waals surface area contributed by atoms with Gasteiger partial charge in [0.25, 0.3) is 0 Å². The summed E-state index contributed by atoms with van der Waals surface area (Å²) in [6.07, 6.45) is 1.58. The summed E-state index contributed by atoms with van der Waals surface area (Å²) in [7, 11) is 0. The number of hydrogen-bond donors (Lipinski definition) is 3. The number of carbonyl (C=O) groups excluding carboxylic acids is 1. The number of ether oxygens (including phenoxy) is 1. The fraction of sp³-hybridized carbons (Fsp3) is 0.500. The first kappa shape index (κ1) is 12.7.